The lowest BCUT2D eigenvalue weighted by Crippen LogP contribution is -2.49. The number of benzene rings is 2. The van der Waals surface area contributed by atoms with Crippen molar-refractivity contribution in [2.45, 2.75) is 13.3 Å². The Bertz CT molecular complexity index is 998. The van der Waals surface area contributed by atoms with Gasteiger partial charge < -0.3 is 15.1 Å². The van der Waals surface area contributed by atoms with E-state index in [4.69, 9.17) is 11.6 Å². The normalized spacial score (nSPS) is 14.1. The maximum Gasteiger partial charge on any atom is 0.228 e. The molecule has 29 heavy (non-hydrogen) atoms. The predicted octanol–water partition coefficient (Wildman–Crippen LogP) is 4.74. The minimum absolute atomic E-state index is 0.133. The van der Waals surface area contributed by atoms with Gasteiger partial charge >= 0.3 is 0 Å². The van der Waals surface area contributed by atoms with Gasteiger partial charge in [-0.1, -0.05) is 29.8 Å². The van der Waals surface area contributed by atoms with E-state index in [1.54, 1.807) is 0 Å². The Balaban J connectivity index is 1.30. The molecule has 1 N–H and O–H groups in total. The summed E-state index contributed by atoms with van der Waals surface area (Å²) >= 11 is 7.51. The molecule has 0 bridgehead atoms. The second-order valence-corrected chi connectivity index (χ2v) is 8.46. The SMILES string of the molecule is Cc1cccc(N2CCN(C(=O)Cc3csc(Nc4cccc(Cl)c4)n3)CC2)c1. The summed E-state index contributed by atoms with van der Waals surface area (Å²) in [5.41, 5.74) is 4.17. The average molecular weight is 427 g/mol. The third kappa shape index (κ3) is 5.08. The van der Waals surface area contributed by atoms with Crippen LogP contribution in [0.2, 0.25) is 5.02 Å². The first-order chi connectivity index (χ1) is 14.1. The number of nitrogens with one attached hydrogen (secondary N) is 1. The first kappa shape index (κ1) is 19.7. The summed E-state index contributed by atoms with van der Waals surface area (Å²) in [6.45, 7) is 5.30. The van der Waals surface area contributed by atoms with Crippen LogP contribution >= 0.6 is 22.9 Å². The molecule has 5 nitrogen and oxygen atoms in total. The third-order valence-corrected chi connectivity index (χ3v) is 6.00. The maximum absolute atomic E-state index is 12.7. The largest absolute Gasteiger partial charge is 0.368 e. The van der Waals surface area contributed by atoms with Crippen LogP contribution < -0.4 is 10.2 Å². The number of nitrogens with zero attached hydrogens (tertiary/aromatic N) is 3. The Hall–Kier alpha value is -2.57. The standard InChI is InChI=1S/C22H23ClN4OS/c1-16-4-2-7-20(12-16)26-8-10-27(11-9-26)21(28)14-19-15-29-22(25-19)24-18-6-3-5-17(23)13-18/h2-7,12-13,15H,8-11,14H2,1H3,(H,24,25). The van der Waals surface area contributed by atoms with Gasteiger partial charge in [0.25, 0.3) is 0 Å². The molecule has 0 unspecified atom stereocenters. The highest BCUT2D eigenvalue weighted by Crippen LogP contribution is 2.24. The Morgan fingerprint density at radius 3 is 2.69 bits per heavy atom. The molecule has 1 saturated heterocycles. The minimum Gasteiger partial charge on any atom is -0.368 e. The van der Waals surface area contributed by atoms with E-state index in [-0.39, 0.29) is 5.91 Å². The minimum atomic E-state index is 0.133. The number of piperazine rings is 1. The number of hydrogen-bond donors (Lipinski definition) is 1. The second kappa shape index (κ2) is 8.84. The van der Waals surface area contributed by atoms with Crippen LogP contribution in [-0.4, -0.2) is 42.0 Å². The van der Waals surface area contributed by atoms with Crippen molar-refractivity contribution in [2.75, 3.05) is 36.4 Å². The van der Waals surface area contributed by atoms with Crippen molar-refractivity contribution in [1.29, 1.82) is 0 Å². The molecule has 0 saturated carbocycles. The summed E-state index contributed by atoms with van der Waals surface area (Å²) in [7, 11) is 0. The van der Waals surface area contributed by atoms with Crippen LogP contribution in [0.3, 0.4) is 0 Å². The lowest BCUT2D eigenvalue weighted by molar-refractivity contribution is -0.130. The predicted molar refractivity (Wildman–Crippen MR) is 121 cm³/mol. The van der Waals surface area contributed by atoms with E-state index in [1.165, 1.54) is 22.6 Å². The highest BCUT2D eigenvalue weighted by atomic mass is 35.5. The van der Waals surface area contributed by atoms with Gasteiger partial charge in [0.2, 0.25) is 5.91 Å². The molecule has 1 fully saturated rings. The number of hydrogen-bond acceptors (Lipinski definition) is 5. The summed E-state index contributed by atoms with van der Waals surface area (Å²) in [6, 6.07) is 16.0. The summed E-state index contributed by atoms with van der Waals surface area (Å²) in [5, 5.41) is 6.61. The fourth-order valence-electron chi connectivity index (χ4n) is 3.44. The van der Waals surface area contributed by atoms with E-state index in [9.17, 15) is 4.79 Å². The lowest BCUT2D eigenvalue weighted by Gasteiger charge is -2.36. The molecule has 7 heteroatoms. The molecule has 2 heterocycles. The maximum atomic E-state index is 12.7. The van der Waals surface area contributed by atoms with Crippen LogP contribution in [0.25, 0.3) is 0 Å². The molecule has 0 spiro atoms. The number of anilines is 3. The van der Waals surface area contributed by atoms with Gasteiger partial charge in [-0.05, 0) is 42.8 Å². The van der Waals surface area contributed by atoms with E-state index in [0.717, 1.165) is 42.7 Å². The molecule has 3 aromatic rings. The van der Waals surface area contributed by atoms with Gasteiger partial charge in [0.1, 0.15) is 0 Å². The number of aromatic nitrogens is 1. The lowest BCUT2D eigenvalue weighted by atomic mass is 10.2. The molecule has 0 radical (unpaired) electrons. The molecular formula is C22H23ClN4OS. The third-order valence-electron chi connectivity index (χ3n) is 4.96. The van der Waals surface area contributed by atoms with Gasteiger partial charge in [-0.15, -0.1) is 11.3 Å². The summed E-state index contributed by atoms with van der Waals surface area (Å²) in [4.78, 5) is 21.5. The molecule has 0 aliphatic carbocycles. The van der Waals surface area contributed by atoms with Crippen molar-refractivity contribution in [3.63, 3.8) is 0 Å². The molecular weight excluding hydrogens is 404 g/mol. The van der Waals surface area contributed by atoms with Crippen LogP contribution in [0.4, 0.5) is 16.5 Å². The highest BCUT2D eigenvalue weighted by molar-refractivity contribution is 7.13. The van der Waals surface area contributed by atoms with Crippen LogP contribution in [0.15, 0.2) is 53.9 Å². The van der Waals surface area contributed by atoms with Gasteiger partial charge in [-0.25, -0.2) is 4.98 Å². The van der Waals surface area contributed by atoms with Gasteiger partial charge in [0.15, 0.2) is 5.13 Å². The Morgan fingerprint density at radius 2 is 1.93 bits per heavy atom. The first-order valence-corrected chi connectivity index (χ1v) is 10.9. The number of rotatable bonds is 5. The van der Waals surface area contributed by atoms with Crippen molar-refractivity contribution in [3.05, 3.63) is 70.2 Å². The molecule has 1 amide bonds. The van der Waals surface area contributed by atoms with Crippen molar-refractivity contribution in [2.24, 2.45) is 0 Å². The quantitative estimate of drug-likeness (QED) is 0.640. The zero-order chi connectivity index (χ0) is 20.2. The average Bonchev–Trinajstić information content (AvgIpc) is 3.15. The first-order valence-electron chi connectivity index (χ1n) is 9.63. The molecule has 1 aliphatic rings. The molecule has 1 aliphatic heterocycles. The topological polar surface area (TPSA) is 48.5 Å². The zero-order valence-electron chi connectivity index (χ0n) is 16.3. The van der Waals surface area contributed by atoms with E-state index >= 15 is 0 Å². The molecule has 150 valence electrons. The number of aryl methyl sites for hydroxylation is 1. The van der Waals surface area contributed by atoms with Crippen LogP contribution in [-0.2, 0) is 11.2 Å². The number of amides is 1. The monoisotopic (exact) mass is 426 g/mol. The van der Waals surface area contributed by atoms with E-state index in [1.807, 2.05) is 34.5 Å². The van der Waals surface area contributed by atoms with E-state index < -0.39 is 0 Å². The van der Waals surface area contributed by atoms with Gasteiger partial charge in [-0.2, -0.15) is 0 Å². The second-order valence-electron chi connectivity index (χ2n) is 7.16. The fourth-order valence-corrected chi connectivity index (χ4v) is 4.36. The zero-order valence-corrected chi connectivity index (χ0v) is 17.8. The van der Waals surface area contributed by atoms with Crippen molar-refractivity contribution >= 4 is 45.4 Å². The number of carbonyl (C=O) groups is 1. The highest BCUT2D eigenvalue weighted by Gasteiger charge is 2.22. The number of carbonyl (C=O) groups excluding carboxylic acids is 1. The van der Waals surface area contributed by atoms with Crippen molar-refractivity contribution < 1.29 is 4.79 Å². The fraction of sp³-hybridized carbons (Fsp3) is 0.273. The molecule has 4 rings (SSSR count). The molecule has 1 aromatic heterocycles. The number of halogens is 1. The van der Waals surface area contributed by atoms with Gasteiger partial charge in [0, 0.05) is 48.0 Å². The van der Waals surface area contributed by atoms with Crippen molar-refractivity contribution in [3.8, 4) is 0 Å². The summed E-state index contributed by atoms with van der Waals surface area (Å²) in [6.07, 6.45) is 0.332. The number of thiazole rings is 1. The molecule has 2 aromatic carbocycles. The molecule has 0 atom stereocenters. The van der Waals surface area contributed by atoms with Crippen LogP contribution in [0.1, 0.15) is 11.3 Å². The van der Waals surface area contributed by atoms with E-state index in [2.05, 4.69) is 46.4 Å². The van der Waals surface area contributed by atoms with Crippen LogP contribution in [0, 0.1) is 6.92 Å². The smallest absolute Gasteiger partial charge is 0.228 e. The van der Waals surface area contributed by atoms with Gasteiger partial charge in [0.05, 0.1) is 12.1 Å². The van der Waals surface area contributed by atoms with Crippen LogP contribution in [0.5, 0.6) is 0 Å². The summed E-state index contributed by atoms with van der Waals surface area (Å²) < 4.78 is 0. The summed E-state index contributed by atoms with van der Waals surface area (Å²) in [5.74, 6) is 0.133. The Labute approximate surface area is 179 Å². The van der Waals surface area contributed by atoms with Gasteiger partial charge in [-0.3, -0.25) is 4.79 Å². The van der Waals surface area contributed by atoms with E-state index in [0.29, 0.717) is 11.4 Å². The van der Waals surface area contributed by atoms with Crippen molar-refractivity contribution in [1.82, 2.24) is 9.88 Å². The Kier molecular flexibility index (Phi) is 6.02. The Morgan fingerprint density at radius 1 is 1.14 bits per heavy atom.